The molecular weight excluding hydrogens is 252 g/mol. The molecular formula is C13H13ClN2O2. The molecule has 2 rings (SSSR count). The molecule has 0 aliphatic rings. The van der Waals surface area contributed by atoms with E-state index in [0.717, 1.165) is 23.2 Å². The van der Waals surface area contributed by atoms with Gasteiger partial charge in [-0.25, -0.2) is 4.79 Å². The third-order valence-electron chi connectivity index (χ3n) is 2.70. The average molecular weight is 265 g/mol. The van der Waals surface area contributed by atoms with Crippen LogP contribution in [0.2, 0.25) is 5.02 Å². The van der Waals surface area contributed by atoms with Gasteiger partial charge < -0.3 is 5.11 Å². The molecule has 0 radical (unpaired) electrons. The fourth-order valence-corrected chi connectivity index (χ4v) is 2.14. The lowest BCUT2D eigenvalue weighted by Crippen LogP contribution is -1.96. The van der Waals surface area contributed by atoms with E-state index in [0.29, 0.717) is 5.02 Å². The van der Waals surface area contributed by atoms with Crippen LogP contribution in [-0.2, 0) is 13.5 Å². The van der Waals surface area contributed by atoms with Gasteiger partial charge >= 0.3 is 5.97 Å². The van der Waals surface area contributed by atoms with Crippen LogP contribution in [0.4, 0.5) is 0 Å². The van der Waals surface area contributed by atoms with Crippen LogP contribution in [0.5, 0.6) is 0 Å². The second kappa shape index (κ2) is 4.82. The van der Waals surface area contributed by atoms with Crippen molar-refractivity contribution < 1.29 is 9.90 Å². The smallest absolute Gasteiger partial charge is 0.335 e. The van der Waals surface area contributed by atoms with Crippen molar-refractivity contribution >= 4 is 17.6 Å². The maximum atomic E-state index is 11.0. The Labute approximate surface area is 110 Å². The van der Waals surface area contributed by atoms with E-state index in [9.17, 15) is 4.79 Å². The summed E-state index contributed by atoms with van der Waals surface area (Å²) in [6, 6.07) is 4.81. The summed E-state index contributed by atoms with van der Waals surface area (Å²) < 4.78 is 1.72. The predicted octanol–water partition coefficient (Wildman–Crippen LogP) is 3.00. The van der Waals surface area contributed by atoms with Gasteiger partial charge in [-0.1, -0.05) is 18.5 Å². The van der Waals surface area contributed by atoms with E-state index >= 15 is 0 Å². The van der Waals surface area contributed by atoms with Crippen LogP contribution in [-0.4, -0.2) is 20.9 Å². The second-order valence-corrected chi connectivity index (χ2v) is 4.49. The van der Waals surface area contributed by atoms with Gasteiger partial charge in [0.05, 0.1) is 11.3 Å². The largest absolute Gasteiger partial charge is 0.478 e. The first-order valence-corrected chi connectivity index (χ1v) is 5.96. The molecule has 0 aliphatic carbocycles. The monoisotopic (exact) mass is 264 g/mol. The molecule has 5 heteroatoms. The van der Waals surface area contributed by atoms with Crippen LogP contribution >= 0.6 is 11.6 Å². The number of aromatic carboxylic acids is 1. The number of aryl methyl sites for hydroxylation is 2. The zero-order chi connectivity index (χ0) is 13.3. The minimum atomic E-state index is -0.985. The zero-order valence-corrected chi connectivity index (χ0v) is 10.9. The maximum absolute atomic E-state index is 11.0. The third kappa shape index (κ3) is 2.38. The minimum absolute atomic E-state index is 0.184. The number of hydrogen-bond acceptors (Lipinski definition) is 2. The van der Waals surface area contributed by atoms with Crippen molar-refractivity contribution in [3.8, 4) is 11.1 Å². The van der Waals surface area contributed by atoms with E-state index in [1.54, 1.807) is 16.8 Å². The maximum Gasteiger partial charge on any atom is 0.335 e. The van der Waals surface area contributed by atoms with Crippen LogP contribution < -0.4 is 0 Å². The van der Waals surface area contributed by atoms with Crippen LogP contribution in [0.25, 0.3) is 11.1 Å². The minimum Gasteiger partial charge on any atom is -0.478 e. The molecule has 94 valence electrons. The summed E-state index contributed by atoms with van der Waals surface area (Å²) in [4.78, 5) is 11.0. The number of halogens is 1. The van der Waals surface area contributed by atoms with E-state index in [1.165, 1.54) is 6.07 Å². The Morgan fingerprint density at radius 3 is 2.78 bits per heavy atom. The van der Waals surface area contributed by atoms with E-state index in [2.05, 4.69) is 5.10 Å². The van der Waals surface area contributed by atoms with Gasteiger partial charge in [0.2, 0.25) is 0 Å². The van der Waals surface area contributed by atoms with Crippen LogP contribution in [0, 0.1) is 0 Å². The predicted molar refractivity (Wildman–Crippen MR) is 70.0 cm³/mol. The molecule has 0 fully saturated rings. The van der Waals surface area contributed by atoms with Crippen LogP contribution in [0.1, 0.15) is 23.0 Å². The van der Waals surface area contributed by atoms with E-state index in [1.807, 2.05) is 20.2 Å². The molecule has 0 spiro atoms. The van der Waals surface area contributed by atoms with Gasteiger partial charge in [-0.05, 0) is 30.2 Å². The van der Waals surface area contributed by atoms with Crippen molar-refractivity contribution in [1.82, 2.24) is 9.78 Å². The van der Waals surface area contributed by atoms with Gasteiger partial charge in [0.1, 0.15) is 0 Å². The van der Waals surface area contributed by atoms with Crippen molar-refractivity contribution in [3.63, 3.8) is 0 Å². The van der Waals surface area contributed by atoms with E-state index in [-0.39, 0.29) is 5.56 Å². The summed E-state index contributed by atoms with van der Waals surface area (Å²) >= 11 is 5.96. The summed E-state index contributed by atoms with van der Waals surface area (Å²) in [5.74, 6) is -0.985. The molecule has 2 aromatic rings. The molecule has 0 unspecified atom stereocenters. The Balaban J connectivity index is 2.59. The van der Waals surface area contributed by atoms with Crippen molar-refractivity contribution in [2.24, 2.45) is 7.05 Å². The summed E-state index contributed by atoms with van der Waals surface area (Å²) in [5, 5.41) is 13.8. The Morgan fingerprint density at radius 2 is 2.17 bits per heavy atom. The third-order valence-corrected chi connectivity index (χ3v) is 2.91. The van der Waals surface area contributed by atoms with Crippen molar-refractivity contribution in [3.05, 3.63) is 40.7 Å². The molecule has 4 nitrogen and oxygen atoms in total. The number of nitrogens with zero attached hydrogens (tertiary/aromatic N) is 2. The van der Waals surface area contributed by atoms with Crippen LogP contribution in [0.3, 0.4) is 0 Å². The molecule has 0 bridgehead atoms. The highest BCUT2D eigenvalue weighted by atomic mass is 35.5. The summed E-state index contributed by atoms with van der Waals surface area (Å²) in [6.45, 7) is 2.01. The molecule has 0 atom stereocenters. The summed E-state index contributed by atoms with van der Waals surface area (Å²) in [5.41, 5.74) is 2.81. The summed E-state index contributed by atoms with van der Waals surface area (Å²) in [7, 11) is 1.84. The number of carbonyl (C=O) groups is 1. The van der Waals surface area contributed by atoms with Crippen molar-refractivity contribution in [2.75, 3.05) is 0 Å². The number of rotatable bonds is 3. The van der Waals surface area contributed by atoms with Gasteiger partial charge in [-0.2, -0.15) is 5.10 Å². The number of carboxylic acids is 1. The first-order valence-electron chi connectivity index (χ1n) is 5.58. The molecule has 0 saturated carbocycles. The zero-order valence-electron chi connectivity index (χ0n) is 10.1. The topological polar surface area (TPSA) is 55.1 Å². The van der Waals surface area contributed by atoms with E-state index in [4.69, 9.17) is 16.7 Å². The highest BCUT2D eigenvalue weighted by Crippen LogP contribution is 2.27. The molecule has 0 amide bonds. The molecule has 0 saturated heterocycles. The first kappa shape index (κ1) is 12.6. The van der Waals surface area contributed by atoms with Crippen LogP contribution in [0.15, 0.2) is 24.4 Å². The van der Waals surface area contributed by atoms with Gasteiger partial charge in [-0.3, -0.25) is 4.68 Å². The van der Waals surface area contributed by atoms with Crippen molar-refractivity contribution in [2.45, 2.75) is 13.3 Å². The van der Waals surface area contributed by atoms with Gasteiger partial charge in [0.25, 0.3) is 0 Å². The molecule has 1 aromatic heterocycles. The molecule has 1 heterocycles. The highest BCUT2D eigenvalue weighted by Gasteiger charge is 2.12. The SMILES string of the molecule is CCc1nn(C)cc1-c1cc(Cl)cc(C(=O)O)c1. The number of benzene rings is 1. The lowest BCUT2D eigenvalue weighted by atomic mass is 10.0. The quantitative estimate of drug-likeness (QED) is 0.927. The highest BCUT2D eigenvalue weighted by molar-refractivity contribution is 6.31. The van der Waals surface area contributed by atoms with E-state index < -0.39 is 5.97 Å². The van der Waals surface area contributed by atoms with Gasteiger partial charge in [0.15, 0.2) is 0 Å². The Bertz CT molecular complexity index is 605. The number of aromatic nitrogens is 2. The number of hydrogen-bond donors (Lipinski definition) is 1. The molecule has 0 aliphatic heterocycles. The summed E-state index contributed by atoms with van der Waals surface area (Å²) in [6.07, 6.45) is 2.65. The van der Waals surface area contributed by atoms with Gasteiger partial charge in [-0.15, -0.1) is 0 Å². The lowest BCUT2D eigenvalue weighted by molar-refractivity contribution is 0.0697. The second-order valence-electron chi connectivity index (χ2n) is 4.05. The van der Waals surface area contributed by atoms with Gasteiger partial charge in [0, 0.05) is 23.8 Å². The Hall–Kier alpha value is -1.81. The normalized spacial score (nSPS) is 10.6. The van der Waals surface area contributed by atoms with Crippen molar-refractivity contribution in [1.29, 1.82) is 0 Å². The molecule has 1 N–H and O–H groups in total. The fourth-order valence-electron chi connectivity index (χ4n) is 1.91. The Kier molecular flexibility index (Phi) is 3.39. The Morgan fingerprint density at radius 1 is 1.44 bits per heavy atom. The average Bonchev–Trinajstić information content (AvgIpc) is 2.69. The standard InChI is InChI=1S/C13H13ClN2O2/c1-3-12-11(7-16(2)15-12)8-4-9(13(17)18)6-10(14)5-8/h4-7H,3H2,1-2H3,(H,17,18). The lowest BCUT2D eigenvalue weighted by Gasteiger charge is -2.03. The molecule has 18 heavy (non-hydrogen) atoms. The first-order chi connectivity index (χ1) is 8.51. The number of carboxylic acid groups (broad SMARTS) is 1. The fraction of sp³-hybridized carbons (Fsp3) is 0.231. The molecule has 1 aromatic carbocycles.